The Kier molecular flexibility index (Phi) is 4.37. The summed E-state index contributed by atoms with van der Waals surface area (Å²) >= 11 is 0. The Morgan fingerprint density at radius 2 is 1.87 bits per heavy atom. The van der Waals surface area contributed by atoms with E-state index in [2.05, 4.69) is 4.99 Å². The number of methoxy groups -OCH3 is 2. The SMILES string of the molecule is COc1cc(/C=C2/N=C(C3CCCC3)OC2=O)c(OC)cc1C. The van der Waals surface area contributed by atoms with Crippen molar-refractivity contribution >= 4 is 17.9 Å². The Morgan fingerprint density at radius 3 is 2.52 bits per heavy atom. The molecule has 2 aliphatic rings. The van der Waals surface area contributed by atoms with E-state index in [0.29, 0.717) is 17.3 Å². The zero-order valence-electron chi connectivity index (χ0n) is 13.7. The van der Waals surface area contributed by atoms with Gasteiger partial charge in [-0.15, -0.1) is 0 Å². The predicted molar refractivity (Wildman–Crippen MR) is 87.7 cm³/mol. The number of nitrogens with zero attached hydrogens (tertiary/aromatic N) is 1. The lowest BCUT2D eigenvalue weighted by atomic mass is 10.1. The van der Waals surface area contributed by atoms with Crippen molar-refractivity contribution in [3.05, 3.63) is 29.0 Å². The summed E-state index contributed by atoms with van der Waals surface area (Å²) in [4.78, 5) is 16.5. The summed E-state index contributed by atoms with van der Waals surface area (Å²) in [5, 5.41) is 0. The quantitative estimate of drug-likeness (QED) is 0.630. The van der Waals surface area contributed by atoms with Crippen LogP contribution in [0, 0.1) is 12.8 Å². The average Bonchev–Trinajstić information content (AvgIpc) is 3.19. The number of carbonyl (C=O) groups is 1. The third-order valence-electron chi connectivity index (χ3n) is 4.38. The third kappa shape index (κ3) is 3.09. The molecule has 5 heteroatoms. The van der Waals surface area contributed by atoms with Crippen LogP contribution in [0.3, 0.4) is 0 Å². The first-order chi connectivity index (χ1) is 11.1. The molecule has 23 heavy (non-hydrogen) atoms. The molecule has 0 bridgehead atoms. The highest BCUT2D eigenvalue weighted by molar-refractivity contribution is 6.08. The van der Waals surface area contributed by atoms with Gasteiger partial charge in [0.15, 0.2) is 5.70 Å². The second-order valence-electron chi connectivity index (χ2n) is 5.91. The van der Waals surface area contributed by atoms with Crippen molar-refractivity contribution < 1.29 is 19.0 Å². The molecule has 1 aromatic rings. The van der Waals surface area contributed by atoms with E-state index >= 15 is 0 Å². The summed E-state index contributed by atoms with van der Waals surface area (Å²) in [6, 6.07) is 3.73. The molecule has 0 radical (unpaired) electrons. The Balaban J connectivity index is 1.95. The number of hydrogen-bond acceptors (Lipinski definition) is 5. The van der Waals surface area contributed by atoms with E-state index in [1.165, 1.54) is 12.8 Å². The minimum atomic E-state index is -0.395. The van der Waals surface area contributed by atoms with Gasteiger partial charge < -0.3 is 14.2 Å². The lowest BCUT2D eigenvalue weighted by Crippen LogP contribution is -2.12. The van der Waals surface area contributed by atoms with Crippen molar-refractivity contribution in [1.82, 2.24) is 0 Å². The first-order valence-electron chi connectivity index (χ1n) is 7.87. The molecule has 1 aromatic carbocycles. The Bertz CT molecular complexity index is 685. The molecule has 0 atom stereocenters. The number of cyclic esters (lactones) is 1. The summed E-state index contributed by atoms with van der Waals surface area (Å²) in [5.41, 5.74) is 2.03. The maximum absolute atomic E-state index is 12.1. The molecule has 0 aromatic heterocycles. The zero-order valence-corrected chi connectivity index (χ0v) is 13.7. The van der Waals surface area contributed by atoms with Crippen molar-refractivity contribution in [1.29, 1.82) is 0 Å². The van der Waals surface area contributed by atoms with E-state index in [1.54, 1.807) is 20.3 Å². The number of carbonyl (C=O) groups excluding carboxylic acids is 1. The summed E-state index contributed by atoms with van der Waals surface area (Å²) in [6.07, 6.45) is 6.12. The zero-order chi connectivity index (χ0) is 16.4. The first kappa shape index (κ1) is 15.6. The van der Waals surface area contributed by atoms with Gasteiger partial charge in [0.1, 0.15) is 11.5 Å². The smallest absolute Gasteiger partial charge is 0.363 e. The van der Waals surface area contributed by atoms with Gasteiger partial charge in [-0.3, -0.25) is 0 Å². The molecule has 0 saturated heterocycles. The number of hydrogen-bond donors (Lipinski definition) is 0. The molecule has 0 N–H and O–H groups in total. The normalized spacial score (nSPS) is 19.9. The van der Waals surface area contributed by atoms with Crippen molar-refractivity contribution in [3.8, 4) is 11.5 Å². The highest BCUT2D eigenvalue weighted by Gasteiger charge is 2.31. The molecule has 1 aliphatic heterocycles. The molecule has 0 unspecified atom stereocenters. The van der Waals surface area contributed by atoms with Crippen LogP contribution in [0.4, 0.5) is 0 Å². The van der Waals surface area contributed by atoms with Gasteiger partial charge in [-0.25, -0.2) is 9.79 Å². The number of rotatable bonds is 4. The number of aryl methyl sites for hydroxylation is 1. The third-order valence-corrected chi connectivity index (χ3v) is 4.38. The number of benzene rings is 1. The maximum atomic E-state index is 12.1. The molecule has 1 saturated carbocycles. The predicted octanol–water partition coefficient (Wildman–Crippen LogP) is 3.50. The molecule has 1 fully saturated rings. The van der Waals surface area contributed by atoms with Gasteiger partial charge in [-0.1, -0.05) is 12.8 Å². The number of ether oxygens (including phenoxy) is 3. The second kappa shape index (κ2) is 6.44. The van der Waals surface area contributed by atoms with Crippen molar-refractivity contribution in [2.24, 2.45) is 10.9 Å². The maximum Gasteiger partial charge on any atom is 0.363 e. The Morgan fingerprint density at radius 1 is 1.17 bits per heavy atom. The van der Waals surface area contributed by atoms with Crippen molar-refractivity contribution in [2.75, 3.05) is 14.2 Å². The van der Waals surface area contributed by atoms with Crippen LogP contribution in [-0.2, 0) is 9.53 Å². The molecule has 3 rings (SSSR count). The first-order valence-corrected chi connectivity index (χ1v) is 7.87. The van der Waals surface area contributed by atoms with Crippen molar-refractivity contribution in [2.45, 2.75) is 32.6 Å². The fourth-order valence-corrected chi connectivity index (χ4v) is 3.11. The Hall–Kier alpha value is -2.30. The molecular weight excluding hydrogens is 294 g/mol. The van der Waals surface area contributed by atoms with Crippen LogP contribution >= 0.6 is 0 Å². The van der Waals surface area contributed by atoms with Crippen LogP contribution in [0.15, 0.2) is 22.8 Å². The van der Waals surface area contributed by atoms with E-state index in [0.717, 1.165) is 29.7 Å². The van der Waals surface area contributed by atoms with Crippen LogP contribution in [0.1, 0.15) is 36.8 Å². The van der Waals surface area contributed by atoms with Gasteiger partial charge in [-0.05, 0) is 43.5 Å². The van der Waals surface area contributed by atoms with E-state index < -0.39 is 5.97 Å². The highest BCUT2D eigenvalue weighted by Crippen LogP contribution is 2.33. The van der Waals surface area contributed by atoms with Crippen LogP contribution in [0.25, 0.3) is 6.08 Å². The largest absolute Gasteiger partial charge is 0.496 e. The van der Waals surface area contributed by atoms with Crippen LogP contribution < -0.4 is 9.47 Å². The van der Waals surface area contributed by atoms with E-state index in [4.69, 9.17) is 14.2 Å². The number of aliphatic imine (C=N–C) groups is 1. The number of esters is 1. The Labute approximate surface area is 136 Å². The fourth-order valence-electron chi connectivity index (χ4n) is 3.11. The van der Waals surface area contributed by atoms with Gasteiger partial charge >= 0.3 is 5.97 Å². The minimum absolute atomic E-state index is 0.277. The topological polar surface area (TPSA) is 57.1 Å². The molecular formula is C18H21NO4. The molecule has 5 nitrogen and oxygen atoms in total. The molecule has 122 valence electrons. The molecule has 0 amide bonds. The second-order valence-corrected chi connectivity index (χ2v) is 5.91. The van der Waals surface area contributed by atoms with E-state index in [9.17, 15) is 4.79 Å². The van der Waals surface area contributed by atoms with E-state index in [-0.39, 0.29) is 5.92 Å². The van der Waals surface area contributed by atoms with Crippen molar-refractivity contribution in [3.63, 3.8) is 0 Å². The van der Waals surface area contributed by atoms with Gasteiger partial charge in [0.05, 0.1) is 14.2 Å². The molecule has 1 aliphatic carbocycles. The highest BCUT2D eigenvalue weighted by atomic mass is 16.6. The monoisotopic (exact) mass is 315 g/mol. The van der Waals surface area contributed by atoms with Crippen LogP contribution in [0.2, 0.25) is 0 Å². The lowest BCUT2D eigenvalue weighted by Gasteiger charge is -2.10. The van der Waals surface area contributed by atoms with Gasteiger partial charge in [0, 0.05) is 11.5 Å². The summed E-state index contributed by atoms with van der Waals surface area (Å²) in [7, 11) is 3.22. The standard InChI is InChI=1S/C18H21NO4/c1-11-8-16(22-3)13(10-15(11)21-2)9-14-18(20)23-17(19-14)12-6-4-5-7-12/h8-10,12H,4-7H2,1-3H3/b14-9+. The van der Waals surface area contributed by atoms with Gasteiger partial charge in [-0.2, -0.15) is 0 Å². The summed E-state index contributed by atoms with van der Waals surface area (Å²) in [5.74, 6) is 1.86. The fraction of sp³-hybridized carbons (Fsp3) is 0.444. The lowest BCUT2D eigenvalue weighted by molar-refractivity contribution is -0.130. The van der Waals surface area contributed by atoms with E-state index in [1.807, 2.05) is 19.1 Å². The molecule has 1 heterocycles. The molecule has 0 spiro atoms. The van der Waals surface area contributed by atoms with Crippen LogP contribution in [0.5, 0.6) is 11.5 Å². The van der Waals surface area contributed by atoms with Gasteiger partial charge in [0.2, 0.25) is 5.90 Å². The summed E-state index contributed by atoms with van der Waals surface area (Å²) in [6.45, 7) is 1.94. The minimum Gasteiger partial charge on any atom is -0.496 e. The van der Waals surface area contributed by atoms with Gasteiger partial charge in [0.25, 0.3) is 0 Å². The summed E-state index contributed by atoms with van der Waals surface area (Å²) < 4.78 is 16.1. The van der Waals surface area contributed by atoms with Crippen LogP contribution in [-0.4, -0.2) is 26.1 Å². The average molecular weight is 315 g/mol.